The van der Waals surface area contributed by atoms with Crippen LogP contribution in [0.4, 0.5) is 0 Å². The van der Waals surface area contributed by atoms with Crippen LogP contribution in [-0.4, -0.2) is 27.1 Å². The van der Waals surface area contributed by atoms with Gasteiger partial charge in [0.2, 0.25) is 0 Å². The molecule has 0 aliphatic rings. The third-order valence-electron chi connectivity index (χ3n) is 4.45. The SMILES string of the molecule is NC(=O)c1c(CCCOc2ccc(Cl)cc2)nn2c(=O)c3ccccc3[nH]c12. The topological polar surface area (TPSA) is 102 Å². The van der Waals surface area contributed by atoms with Crippen LogP contribution in [0.3, 0.4) is 0 Å². The molecule has 0 radical (unpaired) electrons. The van der Waals surface area contributed by atoms with Crippen molar-refractivity contribution in [2.45, 2.75) is 12.8 Å². The second-order valence-corrected chi connectivity index (χ2v) is 6.76. The Hall–Kier alpha value is -3.32. The maximum atomic E-state index is 12.7. The number of aromatic amines is 1. The summed E-state index contributed by atoms with van der Waals surface area (Å²) >= 11 is 5.85. The van der Waals surface area contributed by atoms with E-state index in [2.05, 4.69) is 10.1 Å². The summed E-state index contributed by atoms with van der Waals surface area (Å²) in [6.07, 6.45) is 1.04. The monoisotopic (exact) mass is 396 g/mol. The predicted molar refractivity (Wildman–Crippen MR) is 107 cm³/mol. The summed E-state index contributed by atoms with van der Waals surface area (Å²) in [5, 5.41) is 5.47. The van der Waals surface area contributed by atoms with Crippen molar-refractivity contribution in [3.05, 3.63) is 75.2 Å². The average Bonchev–Trinajstić information content (AvgIpc) is 3.05. The van der Waals surface area contributed by atoms with Gasteiger partial charge in [-0.05, 0) is 49.2 Å². The number of carbonyl (C=O) groups is 1. The van der Waals surface area contributed by atoms with E-state index in [0.29, 0.717) is 52.5 Å². The van der Waals surface area contributed by atoms with Gasteiger partial charge in [-0.3, -0.25) is 9.59 Å². The first-order valence-electron chi connectivity index (χ1n) is 8.75. The number of aromatic nitrogens is 3. The molecule has 2 aromatic heterocycles. The van der Waals surface area contributed by atoms with E-state index in [1.54, 1.807) is 42.5 Å². The van der Waals surface area contributed by atoms with Gasteiger partial charge in [0.1, 0.15) is 11.3 Å². The van der Waals surface area contributed by atoms with E-state index in [1.807, 2.05) is 6.07 Å². The highest BCUT2D eigenvalue weighted by molar-refractivity contribution is 6.30. The molecule has 0 aliphatic carbocycles. The third kappa shape index (κ3) is 3.32. The summed E-state index contributed by atoms with van der Waals surface area (Å²) in [5.74, 6) is 0.0745. The van der Waals surface area contributed by atoms with Gasteiger partial charge in [-0.15, -0.1) is 0 Å². The van der Waals surface area contributed by atoms with Crippen molar-refractivity contribution in [1.29, 1.82) is 0 Å². The summed E-state index contributed by atoms with van der Waals surface area (Å²) < 4.78 is 6.87. The predicted octanol–water partition coefficient (Wildman–Crippen LogP) is 2.94. The average molecular weight is 397 g/mol. The van der Waals surface area contributed by atoms with Crippen LogP contribution in [0.1, 0.15) is 22.5 Å². The molecule has 4 rings (SSSR count). The summed E-state index contributed by atoms with van der Waals surface area (Å²) in [5.41, 5.74) is 6.91. The van der Waals surface area contributed by atoms with Crippen LogP contribution in [0.25, 0.3) is 16.6 Å². The molecule has 3 N–H and O–H groups in total. The molecule has 4 aromatic rings. The fourth-order valence-electron chi connectivity index (χ4n) is 3.14. The number of aryl methyl sites for hydroxylation is 1. The Morgan fingerprint density at radius 2 is 1.93 bits per heavy atom. The molecule has 0 saturated carbocycles. The van der Waals surface area contributed by atoms with Crippen LogP contribution in [-0.2, 0) is 6.42 Å². The normalized spacial score (nSPS) is 11.2. The Kier molecular flexibility index (Phi) is 4.75. The highest BCUT2D eigenvalue weighted by Gasteiger charge is 2.20. The molecule has 28 heavy (non-hydrogen) atoms. The van der Waals surface area contributed by atoms with Crippen LogP contribution < -0.4 is 16.0 Å². The zero-order valence-corrected chi connectivity index (χ0v) is 15.6. The van der Waals surface area contributed by atoms with Gasteiger partial charge in [0.05, 0.1) is 23.2 Å². The quantitative estimate of drug-likeness (QED) is 0.489. The fraction of sp³-hybridized carbons (Fsp3) is 0.150. The smallest absolute Gasteiger partial charge is 0.282 e. The summed E-state index contributed by atoms with van der Waals surface area (Å²) in [6, 6.07) is 14.1. The Morgan fingerprint density at radius 1 is 1.18 bits per heavy atom. The van der Waals surface area contributed by atoms with Gasteiger partial charge < -0.3 is 15.5 Å². The van der Waals surface area contributed by atoms with Crippen molar-refractivity contribution in [2.75, 3.05) is 6.61 Å². The number of carbonyl (C=O) groups excluding carboxylic acids is 1. The Morgan fingerprint density at radius 3 is 2.68 bits per heavy atom. The highest BCUT2D eigenvalue weighted by Crippen LogP contribution is 2.18. The highest BCUT2D eigenvalue weighted by atomic mass is 35.5. The van der Waals surface area contributed by atoms with E-state index in [1.165, 1.54) is 4.52 Å². The minimum atomic E-state index is -0.630. The minimum absolute atomic E-state index is 0.231. The Bertz CT molecular complexity index is 1230. The molecule has 0 aliphatic heterocycles. The third-order valence-corrected chi connectivity index (χ3v) is 4.70. The number of nitrogens with two attached hydrogens (primary N) is 1. The molecule has 8 heteroatoms. The van der Waals surface area contributed by atoms with Crippen molar-refractivity contribution in [3.8, 4) is 5.75 Å². The number of fused-ring (bicyclic) bond motifs is 2. The number of halogens is 1. The van der Waals surface area contributed by atoms with Crippen LogP contribution in [0.5, 0.6) is 5.75 Å². The first kappa shape index (κ1) is 18.1. The van der Waals surface area contributed by atoms with Crippen LogP contribution in [0.2, 0.25) is 5.02 Å². The maximum absolute atomic E-state index is 12.7. The van der Waals surface area contributed by atoms with Crippen LogP contribution in [0, 0.1) is 0 Å². The number of amides is 1. The van der Waals surface area contributed by atoms with Crippen LogP contribution in [0.15, 0.2) is 53.3 Å². The number of rotatable bonds is 6. The minimum Gasteiger partial charge on any atom is -0.494 e. The lowest BCUT2D eigenvalue weighted by molar-refractivity contribution is 0.100. The van der Waals surface area contributed by atoms with Crippen molar-refractivity contribution in [3.63, 3.8) is 0 Å². The number of benzene rings is 2. The molecule has 0 atom stereocenters. The van der Waals surface area contributed by atoms with Gasteiger partial charge in [0, 0.05) is 5.02 Å². The van der Waals surface area contributed by atoms with E-state index >= 15 is 0 Å². The molecule has 2 heterocycles. The molecule has 2 aromatic carbocycles. The summed E-state index contributed by atoms with van der Waals surface area (Å²) in [7, 11) is 0. The molecule has 7 nitrogen and oxygen atoms in total. The van der Waals surface area contributed by atoms with Crippen molar-refractivity contribution < 1.29 is 9.53 Å². The van der Waals surface area contributed by atoms with Gasteiger partial charge in [0.25, 0.3) is 11.5 Å². The lowest BCUT2D eigenvalue weighted by Crippen LogP contribution is -2.17. The zero-order chi connectivity index (χ0) is 19.7. The van der Waals surface area contributed by atoms with Gasteiger partial charge in [-0.1, -0.05) is 23.7 Å². The Balaban J connectivity index is 1.61. The van der Waals surface area contributed by atoms with Crippen molar-refractivity contribution in [2.24, 2.45) is 5.73 Å². The molecule has 0 fully saturated rings. The van der Waals surface area contributed by atoms with Crippen molar-refractivity contribution in [1.82, 2.24) is 14.6 Å². The molecular weight excluding hydrogens is 380 g/mol. The molecular formula is C20H17ClN4O3. The van der Waals surface area contributed by atoms with E-state index < -0.39 is 5.91 Å². The number of hydrogen-bond acceptors (Lipinski definition) is 4. The number of hydrogen-bond donors (Lipinski definition) is 2. The van der Waals surface area contributed by atoms with Gasteiger partial charge in [0.15, 0.2) is 5.65 Å². The fourth-order valence-corrected chi connectivity index (χ4v) is 3.27. The summed E-state index contributed by atoms with van der Waals surface area (Å²) in [6.45, 7) is 0.420. The zero-order valence-electron chi connectivity index (χ0n) is 14.8. The molecule has 1 amide bonds. The van der Waals surface area contributed by atoms with Gasteiger partial charge in [-0.2, -0.15) is 9.61 Å². The standard InChI is InChI=1S/C20H17ClN4O3/c21-12-7-9-13(10-8-12)28-11-3-6-16-17(18(22)26)19-23-15-5-2-1-4-14(15)20(27)25(19)24-16/h1-2,4-5,7-10,23H,3,6,11H2,(H2,22,26). The number of para-hydroxylation sites is 1. The van der Waals surface area contributed by atoms with E-state index in [4.69, 9.17) is 22.1 Å². The van der Waals surface area contributed by atoms with E-state index in [9.17, 15) is 9.59 Å². The molecule has 0 spiro atoms. The Labute approximate surface area is 164 Å². The molecule has 0 saturated heterocycles. The lowest BCUT2D eigenvalue weighted by Gasteiger charge is -2.05. The first-order chi connectivity index (χ1) is 13.5. The number of nitrogens with zero attached hydrogens (tertiary/aromatic N) is 2. The summed E-state index contributed by atoms with van der Waals surface area (Å²) in [4.78, 5) is 27.8. The van der Waals surface area contributed by atoms with Crippen molar-refractivity contribution >= 4 is 34.1 Å². The molecule has 142 valence electrons. The van der Waals surface area contributed by atoms with Gasteiger partial charge in [-0.25, -0.2) is 0 Å². The molecule has 0 bridgehead atoms. The second kappa shape index (κ2) is 7.36. The molecule has 0 unspecified atom stereocenters. The van der Waals surface area contributed by atoms with E-state index in [-0.39, 0.29) is 11.1 Å². The number of primary amides is 1. The maximum Gasteiger partial charge on any atom is 0.282 e. The van der Waals surface area contributed by atoms with Gasteiger partial charge >= 0.3 is 0 Å². The number of nitrogens with one attached hydrogen (secondary N) is 1. The first-order valence-corrected chi connectivity index (χ1v) is 9.13. The van der Waals surface area contributed by atoms with E-state index in [0.717, 1.165) is 0 Å². The largest absolute Gasteiger partial charge is 0.494 e. The lowest BCUT2D eigenvalue weighted by atomic mass is 10.1. The van der Waals surface area contributed by atoms with Crippen LogP contribution >= 0.6 is 11.6 Å². The second-order valence-electron chi connectivity index (χ2n) is 6.33. The number of H-pyrrole nitrogens is 1. The number of ether oxygens (including phenoxy) is 1.